The lowest BCUT2D eigenvalue weighted by atomic mass is 9.92. The number of nitrogens with one attached hydrogen (secondary N) is 1. The summed E-state index contributed by atoms with van der Waals surface area (Å²) >= 11 is 0. The fourth-order valence-corrected chi connectivity index (χ4v) is 3.95. The van der Waals surface area contributed by atoms with Crippen LogP contribution >= 0.6 is 0 Å². The standard InChI is InChI=1S/C21H25N9O/c22-16-3-5-17(6-4-16)25-21-23-12-19-20(26-21)30(28-27-19)18-7-1-14(2-8-18)15-11-24-29(13-15)9-10-31/h1-2,7-8,11-13,16-17,31H,3-6,9-10,22H2,(H,23,25,26)/t16-,17-. The number of aromatic nitrogens is 7. The van der Waals surface area contributed by atoms with Crippen LogP contribution in [-0.4, -0.2) is 58.5 Å². The molecule has 10 heteroatoms. The topological polar surface area (TPSA) is 133 Å². The Balaban J connectivity index is 1.38. The lowest BCUT2D eigenvalue weighted by molar-refractivity contribution is 0.269. The summed E-state index contributed by atoms with van der Waals surface area (Å²) in [4.78, 5) is 9.08. The Hall–Kier alpha value is -3.37. The van der Waals surface area contributed by atoms with Gasteiger partial charge >= 0.3 is 0 Å². The van der Waals surface area contributed by atoms with E-state index in [0.29, 0.717) is 35.7 Å². The van der Waals surface area contributed by atoms with E-state index in [1.807, 2.05) is 30.5 Å². The molecule has 3 aromatic heterocycles. The summed E-state index contributed by atoms with van der Waals surface area (Å²) in [5, 5.41) is 25.2. The average Bonchev–Trinajstić information content (AvgIpc) is 3.43. The van der Waals surface area contributed by atoms with Gasteiger partial charge in [0.1, 0.15) is 0 Å². The molecule has 4 N–H and O–H groups in total. The van der Waals surface area contributed by atoms with Gasteiger partial charge in [-0.1, -0.05) is 17.3 Å². The van der Waals surface area contributed by atoms with Crippen LogP contribution in [0, 0.1) is 0 Å². The van der Waals surface area contributed by atoms with Crippen molar-refractivity contribution in [2.24, 2.45) is 5.73 Å². The molecule has 0 radical (unpaired) electrons. The Morgan fingerprint density at radius 1 is 1.06 bits per heavy atom. The predicted molar refractivity (Wildman–Crippen MR) is 117 cm³/mol. The van der Waals surface area contributed by atoms with E-state index < -0.39 is 0 Å². The van der Waals surface area contributed by atoms with E-state index in [1.165, 1.54) is 0 Å². The number of hydrogen-bond acceptors (Lipinski definition) is 8. The van der Waals surface area contributed by atoms with Crippen molar-refractivity contribution in [2.45, 2.75) is 44.3 Å². The minimum Gasteiger partial charge on any atom is -0.394 e. The van der Waals surface area contributed by atoms with Crippen LogP contribution in [0.2, 0.25) is 0 Å². The van der Waals surface area contributed by atoms with Crippen molar-refractivity contribution < 1.29 is 5.11 Å². The van der Waals surface area contributed by atoms with Crippen molar-refractivity contribution in [1.29, 1.82) is 0 Å². The summed E-state index contributed by atoms with van der Waals surface area (Å²) in [6.07, 6.45) is 9.49. The second-order valence-electron chi connectivity index (χ2n) is 7.92. The van der Waals surface area contributed by atoms with Gasteiger partial charge in [-0.05, 0) is 43.4 Å². The van der Waals surface area contributed by atoms with Crippen LogP contribution in [-0.2, 0) is 6.54 Å². The van der Waals surface area contributed by atoms with Crippen LogP contribution in [0.15, 0.2) is 42.9 Å². The maximum atomic E-state index is 9.05. The van der Waals surface area contributed by atoms with Crippen LogP contribution in [0.5, 0.6) is 0 Å². The van der Waals surface area contributed by atoms with E-state index in [9.17, 15) is 0 Å². The summed E-state index contributed by atoms with van der Waals surface area (Å²) in [6.45, 7) is 0.541. The molecule has 3 heterocycles. The normalized spacial score (nSPS) is 19.0. The van der Waals surface area contributed by atoms with Crippen molar-refractivity contribution in [3.8, 4) is 16.8 Å². The molecule has 1 aliphatic rings. The van der Waals surface area contributed by atoms with E-state index in [4.69, 9.17) is 10.8 Å². The molecule has 31 heavy (non-hydrogen) atoms. The first-order valence-corrected chi connectivity index (χ1v) is 10.5. The zero-order chi connectivity index (χ0) is 21.2. The van der Waals surface area contributed by atoms with Crippen LogP contribution in [0.3, 0.4) is 0 Å². The molecular weight excluding hydrogens is 394 g/mol. The number of fused-ring (bicyclic) bond motifs is 1. The molecule has 1 saturated carbocycles. The molecule has 160 valence electrons. The quantitative estimate of drug-likeness (QED) is 0.430. The number of anilines is 1. The zero-order valence-electron chi connectivity index (χ0n) is 17.1. The van der Waals surface area contributed by atoms with E-state index in [2.05, 4.69) is 30.7 Å². The third-order valence-electron chi connectivity index (χ3n) is 5.71. The number of hydrogen-bond donors (Lipinski definition) is 3. The van der Waals surface area contributed by atoms with E-state index in [0.717, 1.165) is 42.5 Å². The largest absolute Gasteiger partial charge is 0.394 e. The molecule has 0 unspecified atom stereocenters. The first kappa shape index (κ1) is 19.6. The van der Waals surface area contributed by atoms with Crippen molar-refractivity contribution in [1.82, 2.24) is 34.7 Å². The van der Waals surface area contributed by atoms with Crippen molar-refractivity contribution >= 4 is 17.1 Å². The number of benzene rings is 1. The number of nitrogens with zero attached hydrogens (tertiary/aromatic N) is 7. The number of nitrogens with two attached hydrogens (primary N) is 1. The molecule has 0 bridgehead atoms. The first-order chi connectivity index (χ1) is 15.2. The minimum atomic E-state index is 0.0619. The van der Waals surface area contributed by atoms with E-state index in [1.54, 1.807) is 21.8 Å². The van der Waals surface area contributed by atoms with Gasteiger partial charge in [-0.2, -0.15) is 14.8 Å². The number of aliphatic hydroxyl groups excluding tert-OH is 1. The van der Waals surface area contributed by atoms with Gasteiger partial charge in [0.25, 0.3) is 0 Å². The second-order valence-corrected chi connectivity index (χ2v) is 7.92. The molecule has 4 aromatic rings. The summed E-state index contributed by atoms with van der Waals surface area (Å²) in [5.41, 5.74) is 10.2. The monoisotopic (exact) mass is 419 g/mol. The Kier molecular flexibility index (Phi) is 5.31. The fraction of sp³-hybridized carbons (Fsp3) is 0.381. The lowest BCUT2D eigenvalue weighted by Gasteiger charge is -2.26. The Bertz CT molecular complexity index is 1160. The van der Waals surface area contributed by atoms with E-state index >= 15 is 0 Å². The number of aliphatic hydroxyl groups is 1. The maximum Gasteiger partial charge on any atom is 0.225 e. The van der Waals surface area contributed by atoms with Crippen LogP contribution in [0.25, 0.3) is 28.0 Å². The molecule has 1 aromatic carbocycles. The molecule has 0 aliphatic heterocycles. The van der Waals surface area contributed by atoms with Crippen LogP contribution < -0.4 is 11.1 Å². The molecule has 10 nitrogen and oxygen atoms in total. The molecule has 5 rings (SSSR count). The predicted octanol–water partition coefficient (Wildman–Crippen LogP) is 1.75. The van der Waals surface area contributed by atoms with Gasteiger partial charge in [-0.3, -0.25) is 4.68 Å². The second kappa shape index (κ2) is 8.40. The highest BCUT2D eigenvalue weighted by molar-refractivity contribution is 5.72. The van der Waals surface area contributed by atoms with Gasteiger partial charge in [-0.25, -0.2) is 4.98 Å². The van der Waals surface area contributed by atoms with Gasteiger partial charge < -0.3 is 16.2 Å². The van der Waals surface area contributed by atoms with Crippen molar-refractivity contribution in [3.05, 3.63) is 42.9 Å². The van der Waals surface area contributed by atoms with E-state index in [-0.39, 0.29) is 6.61 Å². The molecule has 1 aliphatic carbocycles. The summed E-state index contributed by atoms with van der Waals surface area (Å²) in [5.74, 6) is 0.587. The maximum absolute atomic E-state index is 9.05. The van der Waals surface area contributed by atoms with Crippen LogP contribution in [0.4, 0.5) is 5.95 Å². The Morgan fingerprint density at radius 2 is 1.87 bits per heavy atom. The van der Waals surface area contributed by atoms with Gasteiger partial charge in [0.2, 0.25) is 5.95 Å². The summed E-state index contributed by atoms with van der Waals surface area (Å²) < 4.78 is 3.44. The molecule has 0 saturated heterocycles. The zero-order valence-corrected chi connectivity index (χ0v) is 17.1. The number of rotatable bonds is 6. The molecular formula is C21H25N9O. The lowest BCUT2D eigenvalue weighted by Crippen LogP contribution is -2.33. The highest BCUT2D eigenvalue weighted by atomic mass is 16.3. The summed E-state index contributed by atoms with van der Waals surface area (Å²) in [6, 6.07) is 8.62. The highest BCUT2D eigenvalue weighted by Crippen LogP contribution is 2.23. The molecule has 0 atom stereocenters. The van der Waals surface area contributed by atoms with Gasteiger partial charge in [-0.15, -0.1) is 5.10 Å². The summed E-state index contributed by atoms with van der Waals surface area (Å²) in [7, 11) is 0. The van der Waals surface area contributed by atoms with Gasteiger partial charge in [0, 0.05) is 23.8 Å². The Morgan fingerprint density at radius 3 is 2.65 bits per heavy atom. The van der Waals surface area contributed by atoms with Crippen LogP contribution in [0.1, 0.15) is 25.7 Å². The van der Waals surface area contributed by atoms with Crippen molar-refractivity contribution in [3.63, 3.8) is 0 Å². The average molecular weight is 419 g/mol. The molecule has 0 spiro atoms. The first-order valence-electron chi connectivity index (χ1n) is 10.5. The van der Waals surface area contributed by atoms with Gasteiger partial charge in [0.05, 0.1) is 31.2 Å². The van der Waals surface area contributed by atoms with Crippen molar-refractivity contribution in [2.75, 3.05) is 11.9 Å². The SMILES string of the molecule is N[C@H]1CC[C@H](Nc2ncc3nnn(-c4ccc(-c5cnn(CCO)c5)cc4)c3n2)CC1. The Labute approximate surface area is 179 Å². The minimum absolute atomic E-state index is 0.0619. The highest BCUT2D eigenvalue weighted by Gasteiger charge is 2.19. The van der Waals surface area contributed by atoms with Gasteiger partial charge in [0.15, 0.2) is 11.2 Å². The fourth-order valence-electron chi connectivity index (χ4n) is 3.95. The molecule has 1 fully saturated rings. The smallest absolute Gasteiger partial charge is 0.225 e. The third-order valence-corrected chi connectivity index (χ3v) is 5.71. The molecule has 0 amide bonds. The third kappa shape index (κ3) is 4.12.